The summed E-state index contributed by atoms with van der Waals surface area (Å²) >= 11 is 0. The molecule has 1 aromatic carbocycles. The highest BCUT2D eigenvalue weighted by Gasteiger charge is 2.19. The molecule has 0 amide bonds. The van der Waals surface area contributed by atoms with E-state index in [9.17, 15) is 0 Å². The van der Waals surface area contributed by atoms with Gasteiger partial charge in [-0.3, -0.25) is 0 Å². The molecule has 0 aliphatic rings. The largest absolute Gasteiger partial charge is 0.0622 e. The van der Waals surface area contributed by atoms with Crippen LogP contribution in [-0.4, -0.2) is 0 Å². The van der Waals surface area contributed by atoms with Gasteiger partial charge in [0.25, 0.3) is 0 Å². The molecule has 0 spiro atoms. The van der Waals surface area contributed by atoms with E-state index in [1.807, 2.05) is 0 Å². The van der Waals surface area contributed by atoms with Crippen molar-refractivity contribution in [2.45, 2.75) is 80.1 Å². The zero-order valence-corrected chi connectivity index (χ0v) is 15.7. The normalized spacial score (nSPS) is 16.6. The minimum atomic E-state index is 0.627. The Morgan fingerprint density at radius 3 is 0.762 bits per heavy atom. The van der Waals surface area contributed by atoms with Crippen LogP contribution in [-0.2, 0) is 0 Å². The lowest BCUT2D eigenvalue weighted by atomic mass is 9.80. The van der Waals surface area contributed by atoms with Crippen LogP contribution in [0.4, 0.5) is 0 Å². The molecule has 0 bridgehead atoms. The summed E-state index contributed by atoms with van der Waals surface area (Å²) in [4.78, 5) is 0. The second-order valence-electron chi connectivity index (χ2n) is 8.03. The van der Waals surface area contributed by atoms with Crippen LogP contribution in [0, 0.1) is 17.8 Å². The van der Waals surface area contributed by atoms with Crippen molar-refractivity contribution in [2.24, 2.45) is 17.8 Å². The molecule has 21 heavy (non-hydrogen) atoms. The van der Waals surface area contributed by atoms with Crippen molar-refractivity contribution < 1.29 is 0 Å². The number of rotatable bonds is 6. The predicted molar refractivity (Wildman–Crippen MR) is 96.2 cm³/mol. The molecule has 0 nitrogen and oxygen atoms in total. The maximum absolute atomic E-state index is 2.46. The molecular formula is C21H36. The highest BCUT2D eigenvalue weighted by atomic mass is 14.2. The standard InChI is InChI=1S/C21H36/c1-13(2)16(7)19-10-20(17(8)14(3)4)12-21(11-19)18(9)15(5)6/h10-18H,1-9H3/t16-,17-,18-/m0/s1. The predicted octanol–water partition coefficient (Wildman–Crippen LogP) is 6.97. The first-order valence-electron chi connectivity index (χ1n) is 8.79. The molecule has 0 radical (unpaired) electrons. The monoisotopic (exact) mass is 288 g/mol. The van der Waals surface area contributed by atoms with Gasteiger partial charge in [0.2, 0.25) is 0 Å². The van der Waals surface area contributed by atoms with Crippen LogP contribution in [0.15, 0.2) is 18.2 Å². The zero-order chi connectivity index (χ0) is 16.3. The van der Waals surface area contributed by atoms with Gasteiger partial charge >= 0.3 is 0 Å². The van der Waals surface area contributed by atoms with E-state index < -0.39 is 0 Å². The highest BCUT2D eigenvalue weighted by Crippen LogP contribution is 2.34. The van der Waals surface area contributed by atoms with Crippen LogP contribution in [0.5, 0.6) is 0 Å². The summed E-state index contributed by atoms with van der Waals surface area (Å²) in [5, 5.41) is 0. The average Bonchev–Trinajstić information content (AvgIpc) is 2.43. The van der Waals surface area contributed by atoms with Crippen molar-refractivity contribution in [3.8, 4) is 0 Å². The van der Waals surface area contributed by atoms with Gasteiger partial charge in [-0.2, -0.15) is 0 Å². The summed E-state index contributed by atoms with van der Waals surface area (Å²) in [6.07, 6.45) is 0. The van der Waals surface area contributed by atoms with Gasteiger partial charge in [0.15, 0.2) is 0 Å². The highest BCUT2D eigenvalue weighted by molar-refractivity contribution is 5.36. The van der Waals surface area contributed by atoms with Crippen LogP contribution in [0.2, 0.25) is 0 Å². The molecule has 1 rings (SSSR count). The fourth-order valence-electron chi connectivity index (χ4n) is 2.65. The van der Waals surface area contributed by atoms with E-state index in [1.165, 1.54) is 16.7 Å². The molecule has 0 heteroatoms. The van der Waals surface area contributed by atoms with E-state index in [0.717, 1.165) is 0 Å². The lowest BCUT2D eigenvalue weighted by Gasteiger charge is -2.25. The Bertz CT molecular complexity index is 360. The molecule has 120 valence electrons. The van der Waals surface area contributed by atoms with Crippen LogP contribution in [0.25, 0.3) is 0 Å². The Labute approximate surface area is 133 Å². The Balaban J connectivity index is 3.32. The molecule has 0 N–H and O–H groups in total. The average molecular weight is 289 g/mol. The lowest BCUT2D eigenvalue weighted by Crippen LogP contribution is -2.10. The van der Waals surface area contributed by atoms with Crippen molar-refractivity contribution in [1.29, 1.82) is 0 Å². The summed E-state index contributed by atoms with van der Waals surface area (Å²) in [7, 11) is 0. The van der Waals surface area contributed by atoms with Crippen LogP contribution >= 0.6 is 0 Å². The van der Waals surface area contributed by atoms with Gasteiger partial charge in [-0.05, 0) is 52.2 Å². The maximum Gasteiger partial charge on any atom is -0.0167 e. The Morgan fingerprint density at radius 1 is 0.429 bits per heavy atom. The molecular weight excluding hydrogens is 252 g/mol. The SMILES string of the molecule is CC(C)[C@H](C)c1cc([C@@H](C)C(C)C)cc([C@@H](C)C(C)C)c1. The van der Waals surface area contributed by atoms with Gasteiger partial charge in [-0.15, -0.1) is 0 Å². The molecule has 0 saturated carbocycles. The molecule has 0 heterocycles. The van der Waals surface area contributed by atoms with E-state index in [2.05, 4.69) is 80.5 Å². The van der Waals surface area contributed by atoms with Gasteiger partial charge in [-0.1, -0.05) is 80.5 Å². The molecule has 0 saturated heterocycles. The number of hydrogen-bond donors (Lipinski definition) is 0. The molecule has 1 aromatic rings. The second kappa shape index (κ2) is 7.47. The summed E-state index contributed by atoms with van der Waals surface area (Å²) in [5.74, 6) is 3.96. The maximum atomic E-state index is 2.46. The first-order chi connectivity index (χ1) is 9.65. The summed E-state index contributed by atoms with van der Waals surface area (Å²) in [6, 6.07) is 7.39. The fourth-order valence-corrected chi connectivity index (χ4v) is 2.65. The van der Waals surface area contributed by atoms with Crippen LogP contribution in [0.1, 0.15) is 96.8 Å². The first kappa shape index (κ1) is 18.3. The van der Waals surface area contributed by atoms with E-state index in [4.69, 9.17) is 0 Å². The smallest absolute Gasteiger partial charge is 0.0167 e. The van der Waals surface area contributed by atoms with Gasteiger partial charge in [0, 0.05) is 0 Å². The third kappa shape index (κ3) is 4.59. The quantitative estimate of drug-likeness (QED) is 0.530. The van der Waals surface area contributed by atoms with Crippen molar-refractivity contribution in [1.82, 2.24) is 0 Å². The number of hydrogen-bond acceptors (Lipinski definition) is 0. The van der Waals surface area contributed by atoms with E-state index in [-0.39, 0.29) is 0 Å². The Hall–Kier alpha value is -0.780. The van der Waals surface area contributed by atoms with Crippen molar-refractivity contribution >= 4 is 0 Å². The zero-order valence-electron chi connectivity index (χ0n) is 15.7. The van der Waals surface area contributed by atoms with Crippen LogP contribution in [0.3, 0.4) is 0 Å². The Morgan fingerprint density at radius 2 is 0.619 bits per heavy atom. The number of benzene rings is 1. The van der Waals surface area contributed by atoms with Crippen molar-refractivity contribution in [2.75, 3.05) is 0 Å². The van der Waals surface area contributed by atoms with E-state index >= 15 is 0 Å². The molecule has 3 atom stereocenters. The third-order valence-electron chi connectivity index (χ3n) is 5.58. The van der Waals surface area contributed by atoms with Gasteiger partial charge in [0.1, 0.15) is 0 Å². The second-order valence-corrected chi connectivity index (χ2v) is 8.03. The molecule has 0 aliphatic heterocycles. The molecule has 0 fully saturated rings. The topological polar surface area (TPSA) is 0 Å². The van der Waals surface area contributed by atoms with Gasteiger partial charge < -0.3 is 0 Å². The summed E-state index contributed by atoms with van der Waals surface area (Å²) in [5.41, 5.74) is 4.58. The lowest BCUT2D eigenvalue weighted by molar-refractivity contribution is 0.510. The Kier molecular flexibility index (Phi) is 6.50. The van der Waals surface area contributed by atoms with Crippen molar-refractivity contribution in [3.63, 3.8) is 0 Å². The van der Waals surface area contributed by atoms with Crippen LogP contribution < -0.4 is 0 Å². The summed E-state index contributed by atoms with van der Waals surface area (Å²) in [6.45, 7) is 21.1. The summed E-state index contributed by atoms with van der Waals surface area (Å²) < 4.78 is 0. The molecule has 0 aliphatic carbocycles. The molecule has 0 unspecified atom stereocenters. The first-order valence-corrected chi connectivity index (χ1v) is 8.79. The van der Waals surface area contributed by atoms with Gasteiger partial charge in [0.05, 0.1) is 0 Å². The fraction of sp³-hybridized carbons (Fsp3) is 0.714. The van der Waals surface area contributed by atoms with Gasteiger partial charge in [-0.25, -0.2) is 0 Å². The van der Waals surface area contributed by atoms with E-state index in [0.29, 0.717) is 35.5 Å². The molecule has 0 aromatic heterocycles. The third-order valence-corrected chi connectivity index (χ3v) is 5.58. The van der Waals surface area contributed by atoms with E-state index in [1.54, 1.807) is 0 Å². The van der Waals surface area contributed by atoms with Crippen molar-refractivity contribution in [3.05, 3.63) is 34.9 Å². The minimum absolute atomic E-state index is 0.627. The minimum Gasteiger partial charge on any atom is -0.0622 e.